The molecule has 0 aliphatic carbocycles. The third-order valence-electron chi connectivity index (χ3n) is 10.1. The molecule has 0 saturated heterocycles. The van der Waals surface area contributed by atoms with Crippen LogP contribution in [0.15, 0.2) is 95.6 Å². The van der Waals surface area contributed by atoms with E-state index in [1.807, 2.05) is 30.3 Å². The average molecular weight is 710 g/mol. The summed E-state index contributed by atoms with van der Waals surface area (Å²) in [5.41, 5.74) is 4.93. The molecule has 0 atom stereocenters. The lowest BCUT2D eigenvalue weighted by atomic mass is 9.79. The number of anilines is 1. The van der Waals surface area contributed by atoms with E-state index in [9.17, 15) is 22.6 Å². The molecule has 6 rings (SSSR count). The van der Waals surface area contributed by atoms with Gasteiger partial charge in [-0.3, -0.25) is 14.1 Å². The van der Waals surface area contributed by atoms with Gasteiger partial charge in [-0.25, -0.2) is 0 Å². The summed E-state index contributed by atoms with van der Waals surface area (Å²) in [5.74, 6) is -0.555. The van der Waals surface area contributed by atoms with E-state index < -0.39 is 20.9 Å². The lowest BCUT2D eigenvalue weighted by Gasteiger charge is -2.27. The van der Waals surface area contributed by atoms with Gasteiger partial charge >= 0.3 is 11.9 Å². The molecule has 266 valence electrons. The Bertz CT molecular complexity index is 2260. The number of allylic oxidation sites excluding steroid dienone is 4. The first-order valence-electron chi connectivity index (χ1n) is 17.4. The van der Waals surface area contributed by atoms with Crippen LogP contribution in [0.3, 0.4) is 0 Å². The summed E-state index contributed by atoms with van der Waals surface area (Å²) in [6.07, 6.45) is 6.56. The monoisotopic (exact) mass is 709 g/mol. The molecule has 0 aromatic heterocycles. The molecule has 0 bridgehead atoms. The number of rotatable bonds is 11. The van der Waals surface area contributed by atoms with Crippen LogP contribution < -0.4 is 4.90 Å². The van der Waals surface area contributed by atoms with Gasteiger partial charge in [-0.2, -0.15) is 13.0 Å². The third-order valence-corrected chi connectivity index (χ3v) is 11.0. The van der Waals surface area contributed by atoms with Gasteiger partial charge in [0.15, 0.2) is 12.3 Å². The van der Waals surface area contributed by atoms with Gasteiger partial charge < -0.3 is 14.4 Å². The van der Waals surface area contributed by atoms with Crippen molar-refractivity contribution in [3.8, 4) is 0 Å². The molecule has 0 fully saturated rings. The minimum absolute atomic E-state index is 0.149. The number of esters is 2. The van der Waals surface area contributed by atoms with Gasteiger partial charge in [-0.05, 0) is 73.7 Å². The molecule has 0 radical (unpaired) electrons. The van der Waals surface area contributed by atoms with E-state index in [2.05, 4.69) is 73.6 Å². The second-order valence-electron chi connectivity index (χ2n) is 13.9. The van der Waals surface area contributed by atoms with Crippen molar-refractivity contribution in [2.24, 2.45) is 0 Å². The van der Waals surface area contributed by atoms with Gasteiger partial charge in [0, 0.05) is 46.4 Å². The molecule has 0 unspecified atom stereocenters. The number of nitrogens with zero attached hydrogens (tertiary/aromatic N) is 2. The van der Waals surface area contributed by atoms with Gasteiger partial charge in [-0.15, -0.1) is 0 Å². The molecular formula is C41H45N2O7S+. The summed E-state index contributed by atoms with van der Waals surface area (Å²) in [6, 6.07) is 21.1. The Kier molecular flexibility index (Phi) is 9.69. The summed E-state index contributed by atoms with van der Waals surface area (Å²) in [7, 11) is -4.47. The standard InChI is InChI=1S/C41H44N2O7S/c1-7-49-36(44)23-25-42-31-21-19-27-13-9-10-14-28(27)38(31)40(3,4)34(42)17-12-18-35-41(5,6)39-30-15-11-16-33(51(46,47)48)29(30)20-22-32(39)43(35)26-24-37(45)50-8-2/h9-22H,7-8,23-26H2,1-6H3/p+1. The van der Waals surface area contributed by atoms with Crippen molar-refractivity contribution in [3.63, 3.8) is 0 Å². The van der Waals surface area contributed by atoms with Gasteiger partial charge in [0.05, 0.1) is 25.0 Å². The molecule has 51 heavy (non-hydrogen) atoms. The lowest BCUT2D eigenvalue weighted by Crippen LogP contribution is -2.29. The molecule has 4 aromatic rings. The highest BCUT2D eigenvalue weighted by molar-refractivity contribution is 7.86. The van der Waals surface area contributed by atoms with Crippen LogP contribution in [0.4, 0.5) is 11.4 Å². The summed E-state index contributed by atoms with van der Waals surface area (Å²) >= 11 is 0. The summed E-state index contributed by atoms with van der Waals surface area (Å²) in [6.45, 7) is 13.6. The van der Waals surface area contributed by atoms with Gasteiger partial charge in [0.1, 0.15) is 11.3 Å². The quantitative estimate of drug-likeness (QED) is 0.0956. The zero-order chi connectivity index (χ0) is 36.7. The van der Waals surface area contributed by atoms with E-state index in [1.165, 1.54) is 11.6 Å². The van der Waals surface area contributed by atoms with E-state index in [-0.39, 0.29) is 36.3 Å². The molecule has 2 aliphatic rings. The van der Waals surface area contributed by atoms with Crippen LogP contribution in [0, 0.1) is 0 Å². The minimum atomic E-state index is -4.47. The fourth-order valence-electron chi connectivity index (χ4n) is 7.94. The van der Waals surface area contributed by atoms with Gasteiger partial charge in [0.25, 0.3) is 10.1 Å². The molecule has 9 nitrogen and oxygen atoms in total. The topological polar surface area (TPSA) is 113 Å². The van der Waals surface area contributed by atoms with Crippen LogP contribution >= 0.6 is 0 Å². The van der Waals surface area contributed by atoms with E-state index >= 15 is 0 Å². The molecule has 1 N–H and O–H groups in total. The fraction of sp³-hybridized carbons (Fsp3) is 0.341. The van der Waals surface area contributed by atoms with Gasteiger partial charge in [0.2, 0.25) is 5.69 Å². The second kappa shape index (κ2) is 13.7. The highest BCUT2D eigenvalue weighted by Crippen LogP contribution is 2.51. The number of carbonyl (C=O) groups is 2. The van der Waals surface area contributed by atoms with Crippen molar-refractivity contribution in [1.82, 2.24) is 0 Å². The highest BCUT2D eigenvalue weighted by Gasteiger charge is 2.46. The normalized spacial score (nSPS) is 17.1. The number of hydrogen-bond acceptors (Lipinski definition) is 7. The van der Waals surface area contributed by atoms with Gasteiger partial charge in [-0.1, -0.05) is 62.4 Å². The number of ether oxygens (including phenoxy) is 2. The minimum Gasteiger partial charge on any atom is -0.466 e. The predicted octanol–water partition coefficient (Wildman–Crippen LogP) is 7.76. The summed E-state index contributed by atoms with van der Waals surface area (Å²) in [4.78, 5) is 27.2. The van der Waals surface area contributed by atoms with E-state index in [0.717, 1.165) is 39.1 Å². The van der Waals surface area contributed by atoms with Crippen LogP contribution in [0.1, 0.15) is 65.5 Å². The Morgan fingerprint density at radius 2 is 1.49 bits per heavy atom. The first-order chi connectivity index (χ1) is 24.2. The van der Waals surface area contributed by atoms with Crippen LogP contribution in [-0.4, -0.2) is 61.5 Å². The van der Waals surface area contributed by atoms with Crippen molar-refractivity contribution in [2.75, 3.05) is 31.2 Å². The highest BCUT2D eigenvalue weighted by atomic mass is 32.2. The Labute approximate surface area is 299 Å². The van der Waals surface area contributed by atoms with Crippen LogP contribution in [0.5, 0.6) is 0 Å². The summed E-state index contributed by atoms with van der Waals surface area (Å²) < 4.78 is 47.3. The van der Waals surface area contributed by atoms with Crippen molar-refractivity contribution in [3.05, 3.63) is 102 Å². The van der Waals surface area contributed by atoms with Crippen molar-refractivity contribution >= 4 is 60.7 Å². The van der Waals surface area contributed by atoms with E-state index in [0.29, 0.717) is 30.5 Å². The molecule has 0 spiro atoms. The molecule has 2 heterocycles. The molecule has 0 amide bonds. The van der Waals surface area contributed by atoms with E-state index in [1.54, 1.807) is 26.0 Å². The number of carbonyl (C=O) groups excluding carboxylic acids is 2. The largest absolute Gasteiger partial charge is 0.466 e. The average Bonchev–Trinajstić information content (AvgIpc) is 3.44. The van der Waals surface area contributed by atoms with Crippen molar-refractivity contribution < 1.29 is 36.6 Å². The Morgan fingerprint density at radius 3 is 2.20 bits per heavy atom. The Balaban J connectivity index is 1.47. The Hall–Kier alpha value is -4.80. The maximum Gasteiger partial charge on any atom is 0.312 e. The zero-order valence-electron chi connectivity index (χ0n) is 30.0. The smallest absolute Gasteiger partial charge is 0.312 e. The maximum atomic E-state index is 12.6. The fourth-order valence-corrected chi connectivity index (χ4v) is 8.64. The summed E-state index contributed by atoms with van der Waals surface area (Å²) in [5, 5.41) is 3.45. The molecule has 4 aromatic carbocycles. The first-order valence-corrected chi connectivity index (χ1v) is 18.8. The van der Waals surface area contributed by atoms with Crippen LogP contribution in [-0.2, 0) is 40.0 Å². The number of fused-ring (bicyclic) bond motifs is 6. The molecule has 0 saturated carbocycles. The molecular weight excluding hydrogens is 665 g/mol. The first kappa shape index (κ1) is 36.0. The Morgan fingerprint density at radius 1 is 0.804 bits per heavy atom. The van der Waals surface area contributed by atoms with Crippen LogP contribution in [0.2, 0.25) is 0 Å². The molecule has 10 heteroatoms. The lowest BCUT2D eigenvalue weighted by molar-refractivity contribution is -0.436. The van der Waals surface area contributed by atoms with Crippen molar-refractivity contribution in [2.45, 2.75) is 70.1 Å². The van der Waals surface area contributed by atoms with E-state index in [4.69, 9.17) is 9.47 Å². The maximum absolute atomic E-state index is 12.6. The zero-order valence-corrected chi connectivity index (χ0v) is 30.8. The third kappa shape index (κ3) is 6.47. The SMILES string of the molecule is CCOC(=O)CCN1/C(=C\C=C\C2=[N+](CCC(=O)OCC)c3ccc4c(S(=O)(=O)O)cccc4c3C2(C)C)C(C)(C)c2c1ccc1ccccc21. The number of hydrogen-bond donors (Lipinski definition) is 1. The number of benzene rings is 4. The predicted molar refractivity (Wildman–Crippen MR) is 201 cm³/mol. The molecule has 2 aliphatic heterocycles. The van der Waals surface area contributed by atoms with Crippen LogP contribution in [0.25, 0.3) is 21.5 Å². The second-order valence-corrected chi connectivity index (χ2v) is 15.3. The van der Waals surface area contributed by atoms with Crippen molar-refractivity contribution in [1.29, 1.82) is 0 Å².